The third-order valence-electron chi connectivity index (χ3n) is 2.80. The Bertz CT molecular complexity index is 566. The average molecular weight is 386 g/mol. The Hall–Kier alpha value is -0.340. The van der Waals surface area contributed by atoms with Gasteiger partial charge in [0.25, 0.3) is 0 Å². The van der Waals surface area contributed by atoms with Crippen LogP contribution < -0.4 is 10.5 Å². The van der Waals surface area contributed by atoms with Crippen molar-refractivity contribution in [2.45, 2.75) is 24.7 Å². The molecule has 8 heteroatoms. The predicted octanol–water partition coefficient (Wildman–Crippen LogP) is 2.37. The van der Waals surface area contributed by atoms with Crippen molar-refractivity contribution in [1.82, 2.24) is 4.72 Å². The third-order valence-corrected chi connectivity index (χ3v) is 5.65. The highest BCUT2D eigenvalue weighted by Gasteiger charge is 2.19. The summed E-state index contributed by atoms with van der Waals surface area (Å²) in [5.74, 6) is 0.160. The summed E-state index contributed by atoms with van der Waals surface area (Å²) in [5.41, 5.74) is 5.95. The number of aliphatic hydroxyl groups excluding tert-OH is 1. The van der Waals surface area contributed by atoms with E-state index in [1.165, 1.54) is 12.1 Å². The van der Waals surface area contributed by atoms with Crippen molar-refractivity contribution in [2.75, 3.05) is 18.9 Å². The Kier molecular flexibility index (Phi) is 6.74. The minimum absolute atomic E-state index is 0.0257. The summed E-state index contributed by atoms with van der Waals surface area (Å²) in [6.45, 7) is 2.30. The molecule has 0 saturated carbocycles. The Balaban J connectivity index is 2.75. The minimum Gasteiger partial charge on any atom is -0.398 e. The van der Waals surface area contributed by atoms with Crippen LogP contribution in [0.4, 0.5) is 5.69 Å². The summed E-state index contributed by atoms with van der Waals surface area (Å²) in [5, 5.41) is 9.16. The van der Waals surface area contributed by atoms with Crippen molar-refractivity contribution in [1.29, 1.82) is 0 Å². The molecule has 0 radical (unpaired) electrons. The molecular weight excluding hydrogens is 368 g/mol. The molecule has 1 aromatic rings. The fraction of sp³-hybridized carbons (Fsp3) is 0.500. The number of aliphatic hydroxyl groups is 1. The average Bonchev–Trinajstić information content (AvgIpc) is 2.38. The highest BCUT2D eigenvalue weighted by atomic mass is 79.9. The van der Waals surface area contributed by atoms with Crippen LogP contribution in [0.15, 0.2) is 21.5 Å². The fourth-order valence-corrected chi connectivity index (χ4v) is 3.97. The van der Waals surface area contributed by atoms with Crippen LogP contribution in [0.1, 0.15) is 19.8 Å². The number of benzene rings is 1. The van der Waals surface area contributed by atoms with Gasteiger partial charge in [-0.15, -0.1) is 0 Å². The zero-order valence-corrected chi connectivity index (χ0v) is 14.2. The van der Waals surface area contributed by atoms with Crippen molar-refractivity contribution in [3.63, 3.8) is 0 Å². The van der Waals surface area contributed by atoms with Gasteiger partial charge in [0.15, 0.2) is 0 Å². The highest BCUT2D eigenvalue weighted by Crippen LogP contribution is 2.31. The Labute approximate surface area is 132 Å². The maximum absolute atomic E-state index is 12.2. The Morgan fingerprint density at radius 3 is 2.75 bits per heavy atom. The molecule has 5 nitrogen and oxygen atoms in total. The van der Waals surface area contributed by atoms with Crippen LogP contribution in [0.25, 0.3) is 0 Å². The molecule has 1 atom stereocenters. The van der Waals surface area contributed by atoms with Crippen LogP contribution in [-0.2, 0) is 10.0 Å². The summed E-state index contributed by atoms with van der Waals surface area (Å²) < 4.78 is 27.1. The number of sulfonamides is 1. The number of hydrogen-bond donors (Lipinski definition) is 3. The van der Waals surface area contributed by atoms with Crippen LogP contribution >= 0.6 is 27.5 Å². The lowest BCUT2D eigenvalue weighted by atomic mass is 10.1. The molecule has 0 aliphatic carbocycles. The first kappa shape index (κ1) is 17.7. The van der Waals surface area contributed by atoms with Crippen LogP contribution in [0, 0.1) is 5.92 Å². The fourth-order valence-electron chi connectivity index (χ4n) is 1.61. The van der Waals surface area contributed by atoms with Crippen LogP contribution in [-0.4, -0.2) is 26.7 Å². The molecule has 0 bridgehead atoms. The molecule has 114 valence electrons. The van der Waals surface area contributed by atoms with E-state index in [0.717, 1.165) is 6.42 Å². The van der Waals surface area contributed by atoms with Crippen molar-refractivity contribution >= 4 is 43.2 Å². The lowest BCUT2D eigenvalue weighted by Gasteiger charge is -2.11. The first-order valence-electron chi connectivity index (χ1n) is 6.13. The lowest BCUT2D eigenvalue weighted by molar-refractivity contribution is 0.228. The molecule has 1 unspecified atom stereocenters. The maximum atomic E-state index is 12.2. The Morgan fingerprint density at radius 2 is 2.15 bits per heavy atom. The number of nitrogens with one attached hydrogen (secondary N) is 1. The van der Waals surface area contributed by atoms with E-state index >= 15 is 0 Å². The molecule has 0 aliphatic heterocycles. The topological polar surface area (TPSA) is 92.4 Å². The van der Waals surface area contributed by atoms with E-state index in [4.69, 9.17) is 22.4 Å². The molecule has 0 saturated heterocycles. The molecule has 0 fully saturated rings. The first-order valence-corrected chi connectivity index (χ1v) is 8.78. The van der Waals surface area contributed by atoms with Gasteiger partial charge < -0.3 is 10.8 Å². The zero-order valence-electron chi connectivity index (χ0n) is 11.1. The first-order chi connectivity index (χ1) is 9.27. The van der Waals surface area contributed by atoms with Gasteiger partial charge in [-0.1, -0.05) is 18.5 Å². The number of rotatable bonds is 7. The predicted molar refractivity (Wildman–Crippen MR) is 84.2 cm³/mol. The van der Waals surface area contributed by atoms with Gasteiger partial charge in [-0.3, -0.25) is 0 Å². The third kappa shape index (κ3) is 4.89. The number of anilines is 1. The van der Waals surface area contributed by atoms with Crippen molar-refractivity contribution in [3.05, 3.63) is 21.6 Å². The zero-order chi connectivity index (χ0) is 15.3. The quantitative estimate of drug-likeness (QED) is 0.496. The van der Waals surface area contributed by atoms with Gasteiger partial charge in [0, 0.05) is 23.9 Å². The number of hydrogen-bond acceptors (Lipinski definition) is 4. The second-order valence-electron chi connectivity index (χ2n) is 4.63. The second kappa shape index (κ2) is 7.61. The monoisotopic (exact) mass is 384 g/mol. The van der Waals surface area contributed by atoms with Gasteiger partial charge in [0.2, 0.25) is 10.0 Å². The van der Waals surface area contributed by atoms with E-state index in [1.54, 1.807) is 0 Å². The van der Waals surface area contributed by atoms with Gasteiger partial charge in [-0.25, -0.2) is 13.1 Å². The summed E-state index contributed by atoms with van der Waals surface area (Å²) in [6.07, 6.45) is 1.40. The van der Waals surface area contributed by atoms with Crippen LogP contribution in [0.3, 0.4) is 0 Å². The van der Waals surface area contributed by atoms with E-state index in [0.29, 0.717) is 17.4 Å². The maximum Gasteiger partial charge on any atom is 0.241 e. The summed E-state index contributed by atoms with van der Waals surface area (Å²) >= 11 is 8.99. The standard InChI is InChI=1S/C12H18BrClN2O3S/c1-8(7-17)3-2-4-16-20(18,19)11-6-9(14)5-10(15)12(11)13/h5-6,8,16-17H,2-4,7,15H2,1H3. The van der Waals surface area contributed by atoms with E-state index < -0.39 is 10.0 Å². The normalized spacial score (nSPS) is 13.4. The van der Waals surface area contributed by atoms with Crippen LogP contribution in [0.5, 0.6) is 0 Å². The van der Waals surface area contributed by atoms with Gasteiger partial charge in [0.05, 0.1) is 9.37 Å². The van der Waals surface area contributed by atoms with Crippen molar-refractivity contribution in [3.8, 4) is 0 Å². The number of nitrogens with two attached hydrogens (primary N) is 1. The van der Waals surface area contributed by atoms with E-state index in [9.17, 15) is 8.42 Å². The summed E-state index contributed by atoms with van der Waals surface area (Å²) in [4.78, 5) is 0.0257. The smallest absolute Gasteiger partial charge is 0.241 e. The van der Waals surface area contributed by atoms with E-state index in [1.807, 2.05) is 6.92 Å². The van der Waals surface area contributed by atoms with E-state index in [-0.39, 0.29) is 28.1 Å². The molecule has 0 aromatic heterocycles. The molecule has 1 rings (SSSR count). The lowest BCUT2D eigenvalue weighted by Crippen LogP contribution is -2.25. The molecule has 0 amide bonds. The van der Waals surface area contributed by atoms with Gasteiger partial charge in [-0.2, -0.15) is 0 Å². The SMILES string of the molecule is CC(CO)CCCNS(=O)(=O)c1cc(Cl)cc(N)c1Br. The molecule has 0 aliphatic rings. The van der Waals surface area contributed by atoms with Crippen molar-refractivity contribution in [2.24, 2.45) is 5.92 Å². The Morgan fingerprint density at radius 1 is 1.50 bits per heavy atom. The second-order valence-corrected chi connectivity index (χ2v) is 7.60. The molecule has 0 spiro atoms. The molecule has 20 heavy (non-hydrogen) atoms. The largest absolute Gasteiger partial charge is 0.398 e. The minimum atomic E-state index is -3.66. The summed E-state index contributed by atoms with van der Waals surface area (Å²) in [7, 11) is -3.66. The molecule has 1 aromatic carbocycles. The van der Waals surface area contributed by atoms with Crippen molar-refractivity contribution < 1.29 is 13.5 Å². The number of nitrogen functional groups attached to an aromatic ring is 1. The van der Waals surface area contributed by atoms with Crippen LogP contribution in [0.2, 0.25) is 5.02 Å². The molecule has 4 N–H and O–H groups in total. The van der Waals surface area contributed by atoms with E-state index in [2.05, 4.69) is 20.7 Å². The highest BCUT2D eigenvalue weighted by molar-refractivity contribution is 9.10. The molecular formula is C12H18BrClN2O3S. The van der Waals surface area contributed by atoms with Gasteiger partial charge >= 0.3 is 0 Å². The summed E-state index contributed by atoms with van der Waals surface area (Å²) in [6, 6.07) is 2.83. The van der Waals surface area contributed by atoms with Gasteiger partial charge in [0.1, 0.15) is 0 Å². The molecule has 0 heterocycles. The number of halogens is 2. The van der Waals surface area contributed by atoms with Gasteiger partial charge in [-0.05, 0) is 46.8 Å².